The molecule has 1 atom stereocenters. The monoisotopic (exact) mass is 459 g/mol. The van der Waals surface area contributed by atoms with Gasteiger partial charge in [-0.25, -0.2) is 4.79 Å². The number of aliphatic hydroxyl groups excluding tert-OH is 1. The van der Waals surface area contributed by atoms with Crippen LogP contribution in [-0.4, -0.2) is 89.1 Å². The molecule has 2 rings (SSSR count). The minimum absolute atomic E-state index is 0.0426. The predicted octanol–water partition coefficient (Wildman–Crippen LogP) is -1.23. The number of nitrogens with zero attached hydrogens (tertiary/aromatic N) is 4. The van der Waals surface area contributed by atoms with Crippen LogP contribution < -0.4 is 22.1 Å². The molecule has 0 bridgehead atoms. The van der Waals surface area contributed by atoms with Crippen LogP contribution in [0.3, 0.4) is 0 Å². The average molecular weight is 460 g/mol. The Hall–Kier alpha value is -3.61. The maximum absolute atomic E-state index is 12.4. The Morgan fingerprint density at radius 1 is 1.09 bits per heavy atom. The van der Waals surface area contributed by atoms with Crippen molar-refractivity contribution in [1.82, 2.24) is 19.4 Å². The van der Waals surface area contributed by atoms with Crippen LogP contribution in [0, 0.1) is 0 Å². The molecular formula is C21H29N7O5. The van der Waals surface area contributed by atoms with E-state index < -0.39 is 30.2 Å². The van der Waals surface area contributed by atoms with E-state index in [2.05, 4.69) is 15.6 Å². The molecule has 2 aromatic rings. The Labute approximate surface area is 191 Å². The van der Waals surface area contributed by atoms with Gasteiger partial charge in [-0.1, -0.05) is 0 Å². The fourth-order valence-electron chi connectivity index (χ4n) is 2.57. The Balaban J connectivity index is 1.97. The molecule has 1 heterocycles. The number of hydrogen-bond acceptors (Lipinski definition) is 8. The zero-order valence-corrected chi connectivity index (χ0v) is 18.8. The second-order valence-corrected chi connectivity index (χ2v) is 7.65. The van der Waals surface area contributed by atoms with Crippen LogP contribution in [0.4, 0.5) is 11.5 Å². The quantitative estimate of drug-likeness (QED) is 0.343. The lowest BCUT2D eigenvalue weighted by Gasteiger charge is -2.20. The molecule has 0 spiro atoms. The maximum Gasteiger partial charge on any atom is 0.349 e. The molecule has 12 nitrogen and oxygen atoms in total. The van der Waals surface area contributed by atoms with E-state index in [0.717, 1.165) is 0 Å². The van der Waals surface area contributed by atoms with Crippen LogP contribution in [0.25, 0.3) is 0 Å². The Morgan fingerprint density at radius 2 is 1.76 bits per heavy atom. The molecule has 0 saturated carbocycles. The van der Waals surface area contributed by atoms with E-state index in [0.29, 0.717) is 18.8 Å². The molecule has 0 aliphatic rings. The first kappa shape index (κ1) is 25.6. The summed E-state index contributed by atoms with van der Waals surface area (Å²) in [4.78, 5) is 55.9. The molecule has 1 unspecified atom stereocenters. The first-order valence-corrected chi connectivity index (χ1v) is 10.2. The summed E-state index contributed by atoms with van der Waals surface area (Å²) in [6.45, 7) is 0.583. The van der Waals surface area contributed by atoms with Crippen molar-refractivity contribution in [2.24, 2.45) is 5.73 Å². The molecule has 0 fully saturated rings. The van der Waals surface area contributed by atoms with Crippen LogP contribution >= 0.6 is 0 Å². The number of benzene rings is 1. The van der Waals surface area contributed by atoms with Gasteiger partial charge in [-0.15, -0.1) is 0 Å². The normalized spacial score (nSPS) is 11.7. The van der Waals surface area contributed by atoms with E-state index in [9.17, 15) is 19.2 Å². The van der Waals surface area contributed by atoms with Gasteiger partial charge < -0.3 is 31.3 Å². The number of likely N-dealkylation sites (N-methyl/N-ethyl adjacent to an activating group) is 2. The summed E-state index contributed by atoms with van der Waals surface area (Å²) >= 11 is 0. The van der Waals surface area contributed by atoms with Crippen LogP contribution in [0.1, 0.15) is 10.4 Å². The van der Waals surface area contributed by atoms with Crippen molar-refractivity contribution in [1.29, 1.82) is 0 Å². The molecule has 1 aromatic carbocycles. The summed E-state index contributed by atoms with van der Waals surface area (Å²) in [6.07, 6.45) is 1.39. The smallest absolute Gasteiger partial charge is 0.349 e. The predicted molar refractivity (Wildman–Crippen MR) is 123 cm³/mol. The number of carbonyl (C=O) groups is 3. The number of anilines is 2. The molecule has 12 heteroatoms. The van der Waals surface area contributed by atoms with E-state index in [1.807, 2.05) is 19.0 Å². The second-order valence-electron chi connectivity index (χ2n) is 7.65. The maximum atomic E-state index is 12.4. The van der Waals surface area contributed by atoms with Crippen LogP contribution in [0.2, 0.25) is 0 Å². The Kier molecular flexibility index (Phi) is 9.21. The highest BCUT2D eigenvalue weighted by Crippen LogP contribution is 2.11. The van der Waals surface area contributed by atoms with Gasteiger partial charge in [-0.2, -0.15) is 4.98 Å². The van der Waals surface area contributed by atoms with Gasteiger partial charge in [0.25, 0.3) is 5.91 Å². The van der Waals surface area contributed by atoms with Gasteiger partial charge >= 0.3 is 5.69 Å². The topological polar surface area (TPSA) is 163 Å². The van der Waals surface area contributed by atoms with Crippen molar-refractivity contribution in [2.75, 3.05) is 51.5 Å². The average Bonchev–Trinajstić information content (AvgIpc) is 2.78. The second kappa shape index (κ2) is 11.9. The minimum Gasteiger partial charge on any atom is -0.394 e. The van der Waals surface area contributed by atoms with Crippen molar-refractivity contribution in [3.8, 4) is 0 Å². The Bertz CT molecular complexity index is 1040. The molecular weight excluding hydrogens is 430 g/mol. The van der Waals surface area contributed by atoms with Crippen LogP contribution in [0.15, 0.2) is 41.3 Å². The minimum atomic E-state index is -1.05. The Morgan fingerprint density at radius 3 is 2.33 bits per heavy atom. The lowest BCUT2D eigenvalue weighted by Crippen LogP contribution is -2.38. The van der Waals surface area contributed by atoms with Gasteiger partial charge in [0.05, 0.1) is 6.61 Å². The third-order valence-corrected chi connectivity index (χ3v) is 4.68. The SMILES string of the molecule is CN(C)CCN(C)C(=O)Cn1ccc(NC(=O)c2ccc(NC(=O)C(N)CO)cc2)nc1=O. The number of amides is 3. The number of carbonyl (C=O) groups excluding carboxylic acids is 3. The summed E-state index contributed by atoms with van der Waals surface area (Å²) in [7, 11) is 5.47. The third-order valence-electron chi connectivity index (χ3n) is 4.68. The highest BCUT2D eigenvalue weighted by Gasteiger charge is 2.14. The van der Waals surface area contributed by atoms with E-state index in [4.69, 9.17) is 10.8 Å². The lowest BCUT2D eigenvalue weighted by atomic mass is 10.2. The van der Waals surface area contributed by atoms with Crippen LogP contribution in [0.5, 0.6) is 0 Å². The summed E-state index contributed by atoms with van der Waals surface area (Å²) in [5.74, 6) is -1.25. The fourth-order valence-corrected chi connectivity index (χ4v) is 2.57. The molecule has 0 saturated heterocycles. The summed E-state index contributed by atoms with van der Waals surface area (Å²) < 4.78 is 1.17. The number of hydrogen-bond donors (Lipinski definition) is 4. The number of aromatic nitrogens is 2. The van der Waals surface area contributed by atoms with Crippen molar-refractivity contribution >= 4 is 29.2 Å². The number of nitrogens with one attached hydrogen (secondary N) is 2. The summed E-state index contributed by atoms with van der Waals surface area (Å²) in [5, 5.41) is 13.9. The third kappa shape index (κ3) is 7.79. The lowest BCUT2D eigenvalue weighted by molar-refractivity contribution is -0.130. The highest BCUT2D eigenvalue weighted by molar-refractivity contribution is 6.04. The molecule has 5 N–H and O–H groups in total. The van der Waals surface area contributed by atoms with Crippen molar-refractivity contribution in [2.45, 2.75) is 12.6 Å². The molecule has 0 aliphatic carbocycles. The molecule has 0 radical (unpaired) electrons. The first-order chi connectivity index (χ1) is 15.6. The van der Waals surface area contributed by atoms with Crippen molar-refractivity contribution in [3.63, 3.8) is 0 Å². The molecule has 0 aliphatic heterocycles. The first-order valence-electron chi connectivity index (χ1n) is 10.2. The van der Waals surface area contributed by atoms with Gasteiger partial charge in [0, 0.05) is 37.6 Å². The zero-order valence-electron chi connectivity index (χ0n) is 18.8. The van der Waals surface area contributed by atoms with E-state index in [1.165, 1.54) is 46.0 Å². The van der Waals surface area contributed by atoms with Gasteiger partial charge in [-0.05, 0) is 44.4 Å². The highest BCUT2D eigenvalue weighted by atomic mass is 16.3. The zero-order chi connectivity index (χ0) is 24.5. The number of rotatable bonds is 10. The summed E-state index contributed by atoms with van der Waals surface area (Å²) in [5.41, 5.74) is 5.44. The molecule has 3 amide bonds. The standard InChI is InChI=1S/C21H29N7O5/c1-26(2)10-11-27(3)18(30)12-28-9-8-17(25-21(28)33)24-19(31)14-4-6-15(7-5-14)23-20(32)16(22)13-29/h4-9,16,29H,10-13,22H2,1-3H3,(H,23,32)(H,24,25,31,33). The largest absolute Gasteiger partial charge is 0.394 e. The summed E-state index contributed by atoms with van der Waals surface area (Å²) in [6, 6.07) is 6.33. The fraction of sp³-hybridized carbons (Fsp3) is 0.381. The molecule has 33 heavy (non-hydrogen) atoms. The number of nitrogens with two attached hydrogens (primary N) is 1. The van der Waals surface area contributed by atoms with Crippen molar-refractivity contribution < 1.29 is 19.5 Å². The van der Waals surface area contributed by atoms with Crippen LogP contribution in [-0.2, 0) is 16.1 Å². The number of aliphatic hydroxyl groups is 1. The van der Waals surface area contributed by atoms with Gasteiger partial charge in [-0.3, -0.25) is 19.0 Å². The van der Waals surface area contributed by atoms with Gasteiger partial charge in [0.1, 0.15) is 18.4 Å². The molecule has 1 aromatic heterocycles. The van der Waals surface area contributed by atoms with Gasteiger partial charge in [0.2, 0.25) is 11.8 Å². The van der Waals surface area contributed by atoms with E-state index >= 15 is 0 Å². The van der Waals surface area contributed by atoms with E-state index in [1.54, 1.807) is 7.05 Å². The van der Waals surface area contributed by atoms with Gasteiger partial charge in [0.15, 0.2) is 0 Å². The molecule has 178 valence electrons. The van der Waals surface area contributed by atoms with E-state index in [-0.39, 0.29) is 23.8 Å². The van der Waals surface area contributed by atoms with Crippen molar-refractivity contribution in [3.05, 3.63) is 52.6 Å².